The third kappa shape index (κ3) is 11.4. The van der Waals surface area contributed by atoms with E-state index in [1.807, 2.05) is 6.92 Å². The zero-order valence-electron chi connectivity index (χ0n) is 24.6. The summed E-state index contributed by atoms with van der Waals surface area (Å²) in [6.07, 6.45) is 15.9. The second kappa shape index (κ2) is 16.3. The van der Waals surface area contributed by atoms with Crippen molar-refractivity contribution in [3.05, 3.63) is 22.8 Å². The first-order valence-electron chi connectivity index (χ1n) is 14.4. The van der Waals surface area contributed by atoms with Crippen molar-refractivity contribution in [1.82, 2.24) is 0 Å². The predicted octanol–water partition coefficient (Wildman–Crippen LogP) is 9.43. The predicted molar refractivity (Wildman–Crippen MR) is 151 cm³/mol. The maximum atomic E-state index is 9.17. The number of carbonyl (C=O) groups excluding carboxylic acids is 1. The lowest BCUT2D eigenvalue weighted by Crippen LogP contribution is -2.36. The number of ether oxygens (including phenoxy) is 2. The summed E-state index contributed by atoms with van der Waals surface area (Å²) < 4.78 is 12.2. The van der Waals surface area contributed by atoms with E-state index >= 15 is 0 Å². The molecule has 0 saturated heterocycles. The van der Waals surface area contributed by atoms with Crippen LogP contribution in [-0.2, 0) is 11.2 Å². The summed E-state index contributed by atoms with van der Waals surface area (Å²) >= 11 is 0. The third-order valence-electron chi connectivity index (χ3n) is 7.70. The van der Waals surface area contributed by atoms with Gasteiger partial charge in [0.25, 0.3) is 0 Å². The van der Waals surface area contributed by atoms with E-state index in [9.17, 15) is 4.79 Å². The SMILES string of the molecule is CCC=O.COc1c(C)cc2c(c1C)CCC(C)(CCCC(C)CCCC(C)CCCC(C)C)O2. The number of hydrogen-bond acceptors (Lipinski definition) is 3. The van der Waals surface area contributed by atoms with Gasteiger partial charge in [-0.3, -0.25) is 0 Å². The Morgan fingerprint density at radius 2 is 1.54 bits per heavy atom. The molecule has 1 heterocycles. The summed E-state index contributed by atoms with van der Waals surface area (Å²) in [4.78, 5) is 9.17. The molecular formula is C32H56O3. The molecule has 0 radical (unpaired) electrons. The maximum absolute atomic E-state index is 9.17. The van der Waals surface area contributed by atoms with E-state index < -0.39 is 0 Å². The Labute approximate surface area is 217 Å². The summed E-state index contributed by atoms with van der Waals surface area (Å²) in [7, 11) is 1.77. The van der Waals surface area contributed by atoms with Crippen LogP contribution in [0.2, 0.25) is 0 Å². The molecule has 0 bridgehead atoms. The van der Waals surface area contributed by atoms with E-state index in [2.05, 4.69) is 54.5 Å². The Kier molecular flexibility index (Phi) is 14.7. The molecule has 1 aliphatic heterocycles. The van der Waals surface area contributed by atoms with E-state index in [1.165, 1.54) is 68.1 Å². The molecule has 1 aromatic rings. The molecule has 0 amide bonds. The van der Waals surface area contributed by atoms with Gasteiger partial charge in [-0.25, -0.2) is 0 Å². The van der Waals surface area contributed by atoms with Crippen molar-refractivity contribution in [1.29, 1.82) is 0 Å². The van der Waals surface area contributed by atoms with Gasteiger partial charge < -0.3 is 14.3 Å². The van der Waals surface area contributed by atoms with Crippen LogP contribution >= 0.6 is 0 Å². The molecule has 35 heavy (non-hydrogen) atoms. The summed E-state index contributed by atoms with van der Waals surface area (Å²) in [5, 5.41) is 0. The van der Waals surface area contributed by atoms with E-state index in [0.29, 0.717) is 6.42 Å². The highest BCUT2D eigenvalue weighted by atomic mass is 16.5. The average Bonchev–Trinajstić information content (AvgIpc) is 2.79. The van der Waals surface area contributed by atoms with Crippen LogP contribution in [0.4, 0.5) is 0 Å². The number of aryl methyl sites for hydroxylation is 1. The molecule has 0 fully saturated rings. The lowest BCUT2D eigenvalue weighted by atomic mass is 9.85. The molecule has 0 aromatic heterocycles. The highest BCUT2D eigenvalue weighted by Crippen LogP contribution is 2.42. The summed E-state index contributed by atoms with van der Waals surface area (Å²) in [5.41, 5.74) is 3.75. The molecular weight excluding hydrogens is 432 g/mol. The smallest absolute Gasteiger partial charge is 0.125 e. The van der Waals surface area contributed by atoms with Gasteiger partial charge in [0.05, 0.1) is 7.11 Å². The van der Waals surface area contributed by atoms with Crippen molar-refractivity contribution in [2.75, 3.05) is 7.11 Å². The molecule has 0 spiro atoms. The fourth-order valence-electron chi connectivity index (χ4n) is 5.37. The number of carbonyl (C=O) groups is 1. The van der Waals surface area contributed by atoms with Crippen molar-refractivity contribution in [2.45, 2.75) is 138 Å². The van der Waals surface area contributed by atoms with Crippen molar-refractivity contribution < 1.29 is 14.3 Å². The topological polar surface area (TPSA) is 35.5 Å². The number of benzene rings is 1. The largest absolute Gasteiger partial charge is 0.496 e. The van der Waals surface area contributed by atoms with Crippen LogP contribution in [-0.4, -0.2) is 19.0 Å². The van der Waals surface area contributed by atoms with Gasteiger partial charge in [0.2, 0.25) is 0 Å². The second-order valence-electron chi connectivity index (χ2n) is 11.8. The number of hydrogen-bond donors (Lipinski definition) is 0. The molecule has 2 rings (SSSR count). The van der Waals surface area contributed by atoms with Crippen molar-refractivity contribution in [3.63, 3.8) is 0 Å². The lowest BCUT2D eigenvalue weighted by Gasteiger charge is -2.37. The van der Waals surface area contributed by atoms with Gasteiger partial charge in [0.15, 0.2) is 0 Å². The van der Waals surface area contributed by atoms with E-state index in [0.717, 1.165) is 54.8 Å². The molecule has 3 atom stereocenters. The third-order valence-corrected chi connectivity index (χ3v) is 7.70. The van der Waals surface area contributed by atoms with Crippen LogP contribution < -0.4 is 9.47 Å². The van der Waals surface area contributed by atoms with Crippen LogP contribution in [0.15, 0.2) is 6.07 Å². The molecule has 0 N–H and O–H groups in total. The Balaban J connectivity index is 0.00000142. The molecule has 202 valence electrons. The van der Waals surface area contributed by atoms with E-state index in [1.54, 1.807) is 7.11 Å². The monoisotopic (exact) mass is 488 g/mol. The fourth-order valence-corrected chi connectivity index (χ4v) is 5.37. The Morgan fingerprint density at radius 3 is 2.06 bits per heavy atom. The molecule has 1 aromatic carbocycles. The second-order valence-corrected chi connectivity index (χ2v) is 11.8. The Bertz CT molecular complexity index is 739. The summed E-state index contributed by atoms with van der Waals surface area (Å²) in [6.45, 7) is 18.0. The fraction of sp³-hybridized carbons (Fsp3) is 0.781. The normalized spacial score (nSPS) is 18.7. The van der Waals surface area contributed by atoms with Gasteiger partial charge in [0.1, 0.15) is 23.4 Å². The molecule has 3 unspecified atom stereocenters. The van der Waals surface area contributed by atoms with E-state index in [-0.39, 0.29) is 5.60 Å². The molecule has 3 nitrogen and oxygen atoms in total. The zero-order chi connectivity index (χ0) is 26.4. The highest BCUT2D eigenvalue weighted by Gasteiger charge is 2.33. The number of methoxy groups -OCH3 is 1. The van der Waals surface area contributed by atoms with Gasteiger partial charge in [-0.15, -0.1) is 0 Å². The first kappa shape index (κ1) is 31.5. The number of rotatable bonds is 14. The van der Waals surface area contributed by atoms with Gasteiger partial charge in [-0.05, 0) is 81.4 Å². The van der Waals surface area contributed by atoms with Crippen molar-refractivity contribution >= 4 is 6.29 Å². The first-order valence-corrected chi connectivity index (χ1v) is 14.4. The van der Waals surface area contributed by atoms with Crippen molar-refractivity contribution in [2.24, 2.45) is 17.8 Å². The van der Waals surface area contributed by atoms with Crippen LogP contribution in [0.1, 0.15) is 129 Å². The average molecular weight is 489 g/mol. The quantitative estimate of drug-likeness (QED) is 0.245. The Hall–Kier alpha value is -1.51. The van der Waals surface area contributed by atoms with Crippen molar-refractivity contribution in [3.8, 4) is 11.5 Å². The minimum Gasteiger partial charge on any atom is -0.496 e. The minimum atomic E-state index is -0.0227. The van der Waals surface area contributed by atoms with Gasteiger partial charge in [-0.2, -0.15) is 0 Å². The standard InChI is InChI=1S/C29H50O2.C3H6O/c1-21(2)12-9-13-22(3)14-10-15-23(4)16-11-18-29(7)19-17-26-25(6)28(30-8)24(5)20-27(26)31-29;1-2-3-4/h20-23H,9-19H2,1-8H3;3H,2H2,1H3. The molecule has 0 saturated carbocycles. The molecule has 0 aliphatic carbocycles. The zero-order valence-corrected chi connectivity index (χ0v) is 24.6. The summed E-state index contributed by atoms with van der Waals surface area (Å²) in [6, 6.07) is 2.18. The van der Waals surface area contributed by atoms with Gasteiger partial charge in [0, 0.05) is 12.0 Å². The van der Waals surface area contributed by atoms with Crippen LogP contribution in [0.3, 0.4) is 0 Å². The molecule has 3 heteroatoms. The lowest BCUT2D eigenvalue weighted by molar-refractivity contribution is -0.107. The van der Waals surface area contributed by atoms with Crippen LogP contribution in [0.25, 0.3) is 0 Å². The van der Waals surface area contributed by atoms with Gasteiger partial charge in [-0.1, -0.05) is 79.6 Å². The Morgan fingerprint density at radius 1 is 1.00 bits per heavy atom. The number of aldehydes is 1. The van der Waals surface area contributed by atoms with E-state index in [4.69, 9.17) is 9.47 Å². The minimum absolute atomic E-state index is 0.0227. The van der Waals surface area contributed by atoms with Crippen LogP contribution in [0.5, 0.6) is 11.5 Å². The first-order chi connectivity index (χ1) is 16.6. The van der Waals surface area contributed by atoms with Crippen LogP contribution in [0, 0.1) is 31.6 Å². The highest BCUT2D eigenvalue weighted by molar-refractivity contribution is 5.53. The van der Waals surface area contributed by atoms with Gasteiger partial charge >= 0.3 is 0 Å². The number of fused-ring (bicyclic) bond motifs is 1. The maximum Gasteiger partial charge on any atom is 0.125 e. The molecule has 1 aliphatic rings. The summed E-state index contributed by atoms with van der Waals surface area (Å²) in [5.74, 6) is 4.69.